The van der Waals surface area contributed by atoms with Gasteiger partial charge in [0.05, 0.1) is 12.9 Å². The predicted molar refractivity (Wildman–Crippen MR) is 95.8 cm³/mol. The van der Waals surface area contributed by atoms with Crippen molar-refractivity contribution in [3.63, 3.8) is 0 Å². The predicted octanol–water partition coefficient (Wildman–Crippen LogP) is 2.77. The maximum absolute atomic E-state index is 13.9. The van der Waals surface area contributed by atoms with E-state index in [2.05, 4.69) is 15.0 Å². The SMILES string of the molecule is CCOC(=O)Cn1cnc2c(SCc3cc(Cl)ccc3F)nc(=O)[nH]c21. The van der Waals surface area contributed by atoms with E-state index < -0.39 is 17.5 Å². The van der Waals surface area contributed by atoms with Crippen LogP contribution in [0.3, 0.4) is 0 Å². The molecule has 0 amide bonds. The van der Waals surface area contributed by atoms with Crippen LogP contribution in [0.25, 0.3) is 11.2 Å². The average molecular weight is 397 g/mol. The van der Waals surface area contributed by atoms with E-state index in [4.69, 9.17) is 16.3 Å². The molecule has 3 rings (SSSR count). The summed E-state index contributed by atoms with van der Waals surface area (Å²) in [7, 11) is 0. The van der Waals surface area contributed by atoms with E-state index in [1.54, 1.807) is 6.92 Å². The second-order valence-electron chi connectivity index (χ2n) is 5.25. The Bertz CT molecular complexity index is 1020. The number of rotatable bonds is 6. The van der Waals surface area contributed by atoms with Gasteiger partial charge in [-0.1, -0.05) is 23.4 Å². The summed E-state index contributed by atoms with van der Waals surface area (Å²) in [5, 5.41) is 0.760. The molecule has 0 bridgehead atoms. The van der Waals surface area contributed by atoms with Gasteiger partial charge in [0.2, 0.25) is 0 Å². The van der Waals surface area contributed by atoms with Crippen molar-refractivity contribution in [3.05, 3.63) is 51.4 Å². The summed E-state index contributed by atoms with van der Waals surface area (Å²) < 4.78 is 20.2. The third-order valence-electron chi connectivity index (χ3n) is 3.45. The van der Waals surface area contributed by atoms with E-state index in [1.807, 2.05) is 0 Å². The van der Waals surface area contributed by atoms with E-state index >= 15 is 0 Å². The fourth-order valence-corrected chi connectivity index (χ4v) is 3.45. The van der Waals surface area contributed by atoms with E-state index in [0.29, 0.717) is 26.8 Å². The number of hydrogen-bond acceptors (Lipinski definition) is 6. The number of carbonyl (C=O) groups excluding carboxylic acids is 1. The maximum atomic E-state index is 13.9. The quantitative estimate of drug-likeness (QED) is 0.391. The average Bonchev–Trinajstić information content (AvgIpc) is 2.98. The van der Waals surface area contributed by atoms with Crippen molar-refractivity contribution in [2.24, 2.45) is 0 Å². The van der Waals surface area contributed by atoms with Gasteiger partial charge in [0.1, 0.15) is 28.6 Å². The van der Waals surface area contributed by atoms with Gasteiger partial charge < -0.3 is 9.30 Å². The first-order chi connectivity index (χ1) is 12.5. The topological polar surface area (TPSA) is 89.9 Å². The number of thioether (sulfide) groups is 1. The van der Waals surface area contributed by atoms with Crippen molar-refractivity contribution >= 4 is 40.5 Å². The highest BCUT2D eigenvalue weighted by Gasteiger charge is 2.15. The van der Waals surface area contributed by atoms with Crippen molar-refractivity contribution in [1.29, 1.82) is 0 Å². The molecule has 0 spiro atoms. The number of halogens is 2. The lowest BCUT2D eigenvalue weighted by Gasteiger charge is -2.06. The molecule has 136 valence electrons. The van der Waals surface area contributed by atoms with Crippen LogP contribution in [0.15, 0.2) is 34.3 Å². The van der Waals surface area contributed by atoms with E-state index in [9.17, 15) is 14.0 Å². The Morgan fingerprint density at radius 2 is 2.27 bits per heavy atom. The molecule has 10 heteroatoms. The minimum absolute atomic E-state index is 0.0860. The Hall–Kier alpha value is -2.39. The number of fused-ring (bicyclic) bond motifs is 1. The highest BCUT2D eigenvalue weighted by atomic mass is 35.5. The number of H-pyrrole nitrogens is 1. The van der Waals surface area contributed by atoms with Gasteiger partial charge >= 0.3 is 11.7 Å². The number of benzene rings is 1. The first-order valence-corrected chi connectivity index (χ1v) is 9.01. The number of carbonyl (C=O) groups is 1. The number of esters is 1. The zero-order valence-electron chi connectivity index (χ0n) is 13.7. The Morgan fingerprint density at radius 3 is 3.04 bits per heavy atom. The van der Waals surface area contributed by atoms with Crippen LogP contribution < -0.4 is 5.69 Å². The molecule has 0 unspecified atom stereocenters. The number of nitrogens with one attached hydrogen (secondary N) is 1. The fourth-order valence-electron chi connectivity index (χ4n) is 2.31. The van der Waals surface area contributed by atoms with Crippen LogP contribution in [0.1, 0.15) is 12.5 Å². The van der Waals surface area contributed by atoms with Crippen molar-refractivity contribution in [2.45, 2.75) is 24.2 Å². The summed E-state index contributed by atoms with van der Waals surface area (Å²) in [6, 6.07) is 4.27. The van der Waals surface area contributed by atoms with Crippen molar-refractivity contribution < 1.29 is 13.9 Å². The van der Waals surface area contributed by atoms with Crippen LogP contribution in [0.2, 0.25) is 5.02 Å². The van der Waals surface area contributed by atoms with Gasteiger partial charge in [-0.2, -0.15) is 4.98 Å². The summed E-state index contributed by atoms with van der Waals surface area (Å²) in [4.78, 5) is 34.2. The van der Waals surface area contributed by atoms with Crippen molar-refractivity contribution in [1.82, 2.24) is 19.5 Å². The second kappa shape index (κ2) is 7.88. The minimum atomic E-state index is -0.586. The van der Waals surface area contributed by atoms with Gasteiger partial charge in [-0.05, 0) is 30.7 Å². The molecule has 0 fully saturated rings. The molecule has 3 aromatic rings. The van der Waals surface area contributed by atoms with E-state index in [1.165, 1.54) is 29.1 Å². The molecule has 7 nitrogen and oxygen atoms in total. The normalized spacial score (nSPS) is 11.0. The van der Waals surface area contributed by atoms with Crippen LogP contribution >= 0.6 is 23.4 Å². The third-order valence-corrected chi connectivity index (χ3v) is 4.69. The van der Waals surface area contributed by atoms with Crippen LogP contribution in [0, 0.1) is 5.82 Å². The Labute approximate surface area is 156 Å². The molecular weight excluding hydrogens is 383 g/mol. The van der Waals surface area contributed by atoms with Crippen LogP contribution in [-0.2, 0) is 21.8 Å². The highest BCUT2D eigenvalue weighted by molar-refractivity contribution is 7.98. The summed E-state index contributed by atoms with van der Waals surface area (Å²) in [5.41, 5.74) is 0.578. The standard InChI is InChI=1S/C16H14ClFN4O3S/c1-2-25-12(23)6-22-8-19-13-14(22)20-16(24)21-15(13)26-7-9-5-10(17)3-4-11(9)18/h3-5,8H,2,6-7H2,1H3,(H,20,21,24). The van der Waals surface area contributed by atoms with Crippen LogP contribution in [-0.4, -0.2) is 32.1 Å². The largest absolute Gasteiger partial charge is 0.465 e. The fraction of sp³-hybridized carbons (Fsp3) is 0.250. The number of hydrogen-bond donors (Lipinski definition) is 1. The maximum Gasteiger partial charge on any atom is 0.347 e. The third kappa shape index (κ3) is 4.05. The molecule has 0 saturated carbocycles. The molecule has 0 aliphatic rings. The summed E-state index contributed by atoms with van der Waals surface area (Å²) in [6.07, 6.45) is 1.42. The van der Waals surface area contributed by atoms with Gasteiger partial charge in [0.25, 0.3) is 0 Å². The van der Waals surface area contributed by atoms with E-state index in [0.717, 1.165) is 11.8 Å². The zero-order valence-corrected chi connectivity index (χ0v) is 15.2. The molecular formula is C16H14ClFN4O3S. The van der Waals surface area contributed by atoms with Gasteiger partial charge in [-0.25, -0.2) is 14.2 Å². The zero-order chi connectivity index (χ0) is 18.7. The molecule has 26 heavy (non-hydrogen) atoms. The highest BCUT2D eigenvalue weighted by Crippen LogP contribution is 2.27. The summed E-state index contributed by atoms with van der Waals surface area (Å²) >= 11 is 7.05. The van der Waals surface area contributed by atoms with Crippen molar-refractivity contribution in [2.75, 3.05) is 6.61 Å². The first kappa shape index (κ1) is 18.4. The summed E-state index contributed by atoms with van der Waals surface area (Å²) in [5.74, 6) is -0.613. The smallest absolute Gasteiger partial charge is 0.347 e. The van der Waals surface area contributed by atoms with Gasteiger partial charge in [0, 0.05) is 10.8 Å². The number of nitrogens with zero attached hydrogens (tertiary/aromatic N) is 3. The number of ether oxygens (including phenoxy) is 1. The number of aromatic amines is 1. The molecule has 0 radical (unpaired) electrons. The first-order valence-electron chi connectivity index (χ1n) is 7.65. The number of aromatic nitrogens is 4. The lowest BCUT2D eigenvalue weighted by molar-refractivity contribution is -0.143. The lowest BCUT2D eigenvalue weighted by Crippen LogP contribution is -2.16. The molecule has 0 aliphatic heterocycles. The molecule has 2 aromatic heterocycles. The lowest BCUT2D eigenvalue weighted by atomic mass is 10.2. The minimum Gasteiger partial charge on any atom is -0.465 e. The molecule has 0 saturated heterocycles. The van der Waals surface area contributed by atoms with E-state index in [-0.39, 0.29) is 18.9 Å². The van der Waals surface area contributed by atoms with Gasteiger partial charge in [-0.3, -0.25) is 9.78 Å². The molecule has 2 heterocycles. The Balaban J connectivity index is 1.89. The molecule has 0 aliphatic carbocycles. The monoisotopic (exact) mass is 396 g/mol. The van der Waals surface area contributed by atoms with Crippen molar-refractivity contribution in [3.8, 4) is 0 Å². The van der Waals surface area contributed by atoms with Gasteiger partial charge in [0.15, 0.2) is 0 Å². The van der Waals surface area contributed by atoms with Crippen LogP contribution in [0.5, 0.6) is 0 Å². The molecule has 0 atom stereocenters. The number of imidazole rings is 1. The summed E-state index contributed by atoms with van der Waals surface area (Å²) in [6.45, 7) is 1.88. The van der Waals surface area contributed by atoms with Crippen LogP contribution in [0.4, 0.5) is 4.39 Å². The molecule has 1 aromatic carbocycles. The molecule has 1 N–H and O–H groups in total. The Kier molecular flexibility index (Phi) is 5.58. The van der Waals surface area contributed by atoms with Gasteiger partial charge in [-0.15, -0.1) is 0 Å². The Morgan fingerprint density at radius 1 is 1.46 bits per heavy atom. The second-order valence-corrected chi connectivity index (χ2v) is 6.65.